The first-order valence-corrected chi connectivity index (χ1v) is 11.5. The third-order valence-corrected chi connectivity index (χ3v) is 6.34. The standard InChI is InChI=1S/C25H23N3O5S/c1-14(2)33-24(30)21-16(4)26-25-27(22(21)18-10-8-15(3)9-11-18)23(29)20(34-25)13-17-6-5-7-19(12-17)28(31)32/h5-14,22H,1-4H3/b20-13-/t22-/m1/s1. The second-order valence-corrected chi connectivity index (χ2v) is 9.31. The van der Waals surface area contributed by atoms with E-state index in [2.05, 4.69) is 4.99 Å². The molecule has 8 nitrogen and oxygen atoms in total. The summed E-state index contributed by atoms with van der Waals surface area (Å²) in [6.07, 6.45) is 1.28. The van der Waals surface area contributed by atoms with Crippen LogP contribution in [-0.2, 0) is 9.53 Å². The number of carbonyl (C=O) groups is 1. The van der Waals surface area contributed by atoms with Crippen molar-refractivity contribution in [3.05, 3.63) is 106 Å². The van der Waals surface area contributed by atoms with E-state index in [1.54, 1.807) is 39.0 Å². The Bertz CT molecular complexity index is 1500. The highest BCUT2D eigenvalue weighted by atomic mass is 32.1. The summed E-state index contributed by atoms with van der Waals surface area (Å²) in [5.74, 6) is -0.519. The van der Waals surface area contributed by atoms with Gasteiger partial charge in [-0.2, -0.15) is 0 Å². The zero-order valence-electron chi connectivity index (χ0n) is 19.1. The van der Waals surface area contributed by atoms with Gasteiger partial charge < -0.3 is 4.74 Å². The molecule has 2 heterocycles. The molecule has 0 amide bonds. The largest absolute Gasteiger partial charge is 0.459 e. The minimum atomic E-state index is -0.699. The number of fused-ring (bicyclic) bond motifs is 1. The summed E-state index contributed by atoms with van der Waals surface area (Å²) >= 11 is 1.18. The number of benzene rings is 2. The number of nitrogens with zero attached hydrogens (tertiary/aromatic N) is 3. The molecular formula is C25H23N3O5S. The van der Waals surface area contributed by atoms with E-state index in [-0.39, 0.29) is 17.4 Å². The summed E-state index contributed by atoms with van der Waals surface area (Å²) in [7, 11) is 0. The molecule has 174 valence electrons. The molecule has 1 atom stereocenters. The lowest BCUT2D eigenvalue weighted by atomic mass is 9.95. The van der Waals surface area contributed by atoms with Crippen LogP contribution in [0.2, 0.25) is 0 Å². The number of aromatic nitrogens is 1. The molecular weight excluding hydrogens is 454 g/mol. The first-order chi connectivity index (χ1) is 16.2. The maximum absolute atomic E-state index is 13.6. The van der Waals surface area contributed by atoms with Gasteiger partial charge in [0.2, 0.25) is 0 Å². The van der Waals surface area contributed by atoms with Gasteiger partial charge in [0.15, 0.2) is 4.80 Å². The van der Waals surface area contributed by atoms with Crippen molar-refractivity contribution in [2.75, 3.05) is 0 Å². The molecule has 0 fully saturated rings. The Morgan fingerprint density at radius 2 is 1.91 bits per heavy atom. The van der Waals surface area contributed by atoms with Gasteiger partial charge in [0.25, 0.3) is 11.2 Å². The number of thiazole rings is 1. The van der Waals surface area contributed by atoms with Crippen LogP contribution in [0.5, 0.6) is 0 Å². The average Bonchev–Trinajstić information content (AvgIpc) is 3.07. The highest BCUT2D eigenvalue weighted by Crippen LogP contribution is 2.31. The summed E-state index contributed by atoms with van der Waals surface area (Å²) in [4.78, 5) is 42.3. The number of aryl methyl sites for hydroxylation is 1. The number of esters is 1. The normalized spacial score (nSPS) is 15.8. The average molecular weight is 478 g/mol. The molecule has 4 rings (SSSR count). The molecule has 0 saturated heterocycles. The number of ether oxygens (including phenoxy) is 1. The Labute approximate surface area is 199 Å². The van der Waals surface area contributed by atoms with Crippen LogP contribution in [0.15, 0.2) is 69.6 Å². The van der Waals surface area contributed by atoms with Crippen LogP contribution in [0.3, 0.4) is 0 Å². The van der Waals surface area contributed by atoms with Crippen molar-refractivity contribution in [3.8, 4) is 0 Å². The maximum atomic E-state index is 13.6. The van der Waals surface area contributed by atoms with Crippen molar-refractivity contribution in [1.82, 2.24) is 4.57 Å². The monoisotopic (exact) mass is 477 g/mol. The van der Waals surface area contributed by atoms with Crippen molar-refractivity contribution in [2.24, 2.45) is 4.99 Å². The Balaban J connectivity index is 1.93. The van der Waals surface area contributed by atoms with E-state index in [9.17, 15) is 19.7 Å². The first-order valence-electron chi connectivity index (χ1n) is 10.7. The number of carbonyl (C=O) groups excluding carboxylic acids is 1. The molecule has 3 aromatic rings. The topological polar surface area (TPSA) is 104 Å². The molecule has 0 spiro atoms. The molecule has 0 saturated carbocycles. The van der Waals surface area contributed by atoms with Gasteiger partial charge in [-0.3, -0.25) is 19.5 Å². The summed E-state index contributed by atoms with van der Waals surface area (Å²) in [5.41, 5.74) is 2.75. The Morgan fingerprint density at radius 3 is 2.56 bits per heavy atom. The predicted octanol–water partition coefficient (Wildman–Crippen LogP) is 3.40. The van der Waals surface area contributed by atoms with Crippen LogP contribution in [0, 0.1) is 17.0 Å². The lowest BCUT2D eigenvalue weighted by Crippen LogP contribution is -2.40. The quantitative estimate of drug-likeness (QED) is 0.318. The highest BCUT2D eigenvalue weighted by molar-refractivity contribution is 7.07. The zero-order chi connectivity index (χ0) is 24.6. The number of non-ortho nitro benzene ring substituents is 1. The number of allylic oxidation sites excluding steroid dienone is 1. The van der Waals surface area contributed by atoms with E-state index in [0.29, 0.717) is 26.2 Å². The van der Waals surface area contributed by atoms with Gasteiger partial charge in [0, 0.05) is 12.1 Å². The number of nitro groups is 1. The Hall–Kier alpha value is -3.85. The second-order valence-electron chi connectivity index (χ2n) is 8.30. The van der Waals surface area contributed by atoms with Gasteiger partial charge in [-0.25, -0.2) is 9.79 Å². The molecule has 9 heteroatoms. The van der Waals surface area contributed by atoms with Crippen molar-refractivity contribution >= 4 is 29.1 Å². The lowest BCUT2D eigenvalue weighted by molar-refractivity contribution is -0.384. The smallest absolute Gasteiger partial charge is 0.338 e. The van der Waals surface area contributed by atoms with E-state index in [1.807, 2.05) is 31.2 Å². The lowest BCUT2D eigenvalue weighted by Gasteiger charge is -2.25. The summed E-state index contributed by atoms with van der Waals surface area (Å²) in [6.45, 7) is 7.23. The van der Waals surface area contributed by atoms with Gasteiger partial charge in [0.1, 0.15) is 0 Å². The van der Waals surface area contributed by atoms with Crippen LogP contribution >= 0.6 is 11.3 Å². The minimum Gasteiger partial charge on any atom is -0.459 e. The third kappa shape index (κ3) is 4.47. The van der Waals surface area contributed by atoms with Crippen LogP contribution in [0.25, 0.3) is 6.08 Å². The van der Waals surface area contributed by atoms with Crippen LogP contribution in [0.1, 0.15) is 43.5 Å². The van der Waals surface area contributed by atoms with Gasteiger partial charge in [-0.15, -0.1) is 0 Å². The Kier molecular flexibility index (Phi) is 6.30. The summed E-state index contributed by atoms with van der Waals surface area (Å²) < 4.78 is 7.35. The number of hydrogen-bond acceptors (Lipinski definition) is 7. The fourth-order valence-electron chi connectivity index (χ4n) is 3.80. The Morgan fingerprint density at radius 1 is 1.21 bits per heavy atom. The molecule has 1 aliphatic rings. The molecule has 0 aliphatic carbocycles. The van der Waals surface area contributed by atoms with Gasteiger partial charge in [-0.05, 0) is 44.9 Å². The van der Waals surface area contributed by atoms with Gasteiger partial charge in [-0.1, -0.05) is 53.3 Å². The van der Waals surface area contributed by atoms with E-state index in [4.69, 9.17) is 4.74 Å². The van der Waals surface area contributed by atoms with E-state index in [1.165, 1.54) is 28.0 Å². The van der Waals surface area contributed by atoms with Crippen molar-refractivity contribution in [3.63, 3.8) is 0 Å². The molecule has 0 N–H and O–H groups in total. The van der Waals surface area contributed by atoms with E-state index in [0.717, 1.165) is 11.1 Å². The van der Waals surface area contributed by atoms with Gasteiger partial charge in [0.05, 0.1) is 32.9 Å². The molecule has 0 unspecified atom stereocenters. The molecule has 0 bridgehead atoms. The molecule has 2 aromatic carbocycles. The van der Waals surface area contributed by atoms with Crippen LogP contribution in [-0.4, -0.2) is 21.6 Å². The SMILES string of the molecule is CC1=C(C(=O)OC(C)C)[C@@H](c2ccc(C)cc2)n2c(s/c(=C\c3cccc([N+](=O)[O-])c3)c2=O)=N1. The zero-order valence-corrected chi connectivity index (χ0v) is 20.0. The summed E-state index contributed by atoms with van der Waals surface area (Å²) in [5, 5.41) is 11.1. The first kappa shape index (κ1) is 23.3. The number of rotatable bonds is 5. The molecule has 34 heavy (non-hydrogen) atoms. The molecule has 0 radical (unpaired) electrons. The van der Waals surface area contributed by atoms with Crippen molar-refractivity contribution < 1.29 is 14.5 Å². The van der Waals surface area contributed by atoms with E-state index >= 15 is 0 Å². The number of nitro benzene ring substituents is 1. The minimum absolute atomic E-state index is 0.0615. The number of hydrogen-bond donors (Lipinski definition) is 0. The summed E-state index contributed by atoms with van der Waals surface area (Å²) in [6, 6.07) is 13.0. The third-order valence-electron chi connectivity index (χ3n) is 5.36. The van der Waals surface area contributed by atoms with E-state index < -0.39 is 16.9 Å². The molecule has 1 aliphatic heterocycles. The fraction of sp³-hybridized carbons (Fsp3) is 0.240. The maximum Gasteiger partial charge on any atom is 0.338 e. The van der Waals surface area contributed by atoms with Gasteiger partial charge >= 0.3 is 5.97 Å². The second kappa shape index (κ2) is 9.18. The van der Waals surface area contributed by atoms with Crippen LogP contribution in [0.4, 0.5) is 5.69 Å². The van der Waals surface area contributed by atoms with Crippen molar-refractivity contribution in [2.45, 2.75) is 39.8 Å². The van der Waals surface area contributed by atoms with Crippen molar-refractivity contribution in [1.29, 1.82) is 0 Å². The predicted molar refractivity (Wildman–Crippen MR) is 129 cm³/mol. The highest BCUT2D eigenvalue weighted by Gasteiger charge is 2.33. The fourth-order valence-corrected chi connectivity index (χ4v) is 4.85. The van der Waals surface area contributed by atoms with Crippen LogP contribution < -0.4 is 14.9 Å². The molecule has 1 aromatic heterocycles.